The number of benzene rings is 1. The minimum absolute atomic E-state index is 0.314. The van der Waals surface area contributed by atoms with Gasteiger partial charge in [0.05, 0.1) is 6.10 Å². The standard InChI is InChI=1S/C18H26N2O2/c21-17-7-4-10-20(17)14-13-19-11-8-16(9-12-19)18(22)15-5-2-1-3-6-15/h1-3,5-6,16,18,22H,4,7-14H2. The van der Waals surface area contributed by atoms with Crippen LogP contribution in [0.4, 0.5) is 0 Å². The molecule has 0 aliphatic carbocycles. The second kappa shape index (κ2) is 7.25. The fourth-order valence-corrected chi connectivity index (χ4v) is 3.62. The van der Waals surface area contributed by atoms with E-state index in [0.29, 0.717) is 11.8 Å². The molecule has 1 unspecified atom stereocenters. The van der Waals surface area contributed by atoms with Crippen molar-refractivity contribution in [1.82, 2.24) is 9.80 Å². The lowest BCUT2D eigenvalue weighted by atomic mass is 9.87. The van der Waals surface area contributed by atoms with Gasteiger partial charge in [-0.2, -0.15) is 0 Å². The van der Waals surface area contributed by atoms with Gasteiger partial charge in [0, 0.05) is 26.1 Å². The summed E-state index contributed by atoms with van der Waals surface area (Å²) < 4.78 is 0. The topological polar surface area (TPSA) is 43.8 Å². The van der Waals surface area contributed by atoms with Crippen LogP contribution >= 0.6 is 0 Å². The third kappa shape index (κ3) is 3.68. The number of likely N-dealkylation sites (tertiary alicyclic amines) is 2. The van der Waals surface area contributed by atoms with Gasteiger partial charge in [-0.05, 0) is 43.8 Å². The molecule has 3 rings (SSSR count). The third-order valence-corrected chi connectivity index (χ3v) is 5.08. The zero-order valence-electron chi connectivity index (χ0n) is 13.2. The molecule has 0 radical (unpaired) electrons. The smallest absolute Gasteiger partial charge is 0.222 e. The van der Waals surface area contributed by atoms with E-state index in [0.717, 1.165) is 64.0 Å². The van der Waals surface area contributed by atoms with Gasteiger partial charge in [0.25, 0.3) is 0 Å². The molecule has 1 aromatic rings. The van der Waals surface area contributed by atoms with Gasteiger partial charge in [-0.1, -0.05) is 30.3 Å². The Morgan fingerprint density at radius 2 is 1.82 bits per heavy atom. The van der Waals surface area contributed by atoms with Crippen LogP contribution in [-0.2, 0) is 4.79 Å². The Morgan fingerprint density at radius 3 is 2.45 bits per heavy atom. The molecule has 1 amide bonds. The van der Waals surface area contributed by atoms with Crippen molar-refractivity contribution in [2.24, 2.45) is 5.92 Å². The minimum Gasteiger partial charge on any atom is -0.388 e. The maximum atomic E-state index is 11.6. The molecular weight excluding hydrogens is 276 g/mol. The summed E-state index contributed by atoms with van der Waals surface area (Å²) in [7, 11) is 0. The molecule has 4 nitrogen and oxygen atoms in total. The molecule has 0 aromatic heterocycles. The first kappa shape index (κ1) is 15.5. The van der Waals surface area contributed by atoms with Gasteiger partial charge in [-0.15, -0.1) is 0 Å². The predicted molar refractivity (Wildman–Crippen MR) is 86.4 cm³/mol. The summed E-state index contributed by atoms with van der Waals surface area (Å²) in [5.41, 5.74) is 1.03. The summed E-state index contributed by atoms with van der Waals surface area (Å²) in [6.45, 7) is 4.82. The van der Waals surface area contributed by atoms with Gasteiger partial charge >= 0.3 is 0 Å². The lowest BCUT2D eigenvalue weighted by Gasteiger charge is -2.35. The van der Waals surface area contributed by atoms with Crippen LogP contribution in [-0.4, -0.2) is 53.5 Å². The van der Waals surface area contributed by atoms with Crippen LogP contribution < -0.4 is 0 Å². The maximum absolute atomic E-state index is 11.6. The Bertz CT molecular complexity index is 483. The Labute approximate surface area is 132 Å². The number of hydrogen-bond donors (Lipinski definition) is 1. The normalized spacial score (nSPS) is 22.2. The van der Waals surface area contributed by atoms with Crippen LogP contribution in [0.1, 0.15) is 37.4 Å². The third-order valence-electron chi connectivity index (χ3n) is 5.08. The molecule has 4 heteroatoms. The fourth-order valence-electron chi connectivity index (χ4n) is 3.62. The van der Waals surface area contributed by atoms with Crippen molar-refractivity contribution < 1.29 is 9.90 Å². The number of nitrogens with zero attached hydrogens (tertiary/aromatic N) is 2. The first-order valence-electron chi connectivity index (χ1n) is 8.47. The van der Waals surface area contributed by atoms with Crippen LogP contribution in [0.2, 0.25) is 0 Å². The SMILES string of the molecule is O=C1CCCN1CCN1CCC(C(O)c2ccccc2)CC1. The zero-order valence-corrected chi connectivity index (χ0v) is 13.2. The van der Waals surface area contributed by atoms with Gasteiger partial charge < -0.3 is 14.9 Å². The average molecular weight is 302 g/mol. The largest absolute Gasteiger partial charge is 0.388 e. The number of hydrogen-bond acceptors (Lipinski definition) is 3. The highest BCUT2D eigenvalue weighted by atomic mass is 16.3. The lowest BCUT2D eigenvalue weighted by Crippen LogP contribution is -2.41. The van der Waals surface area contributed by atoms with Crippen LogP contribution in [0, 0.1) is 5.92 Å². The quantitative estimate of drug-likeness (QED) is 0.905. The van der Waals surface area contributed by atoms with Crippen LogP contribution in [0.3, 0.4) is 0 Å². The van der Waals surface area contributed by atoms with E-state index in [1.807, 2.05) is 35.2 Å². The highest BCUT2D eigenvalue weighted by Gasteiger charge is 2.27. The molecule has 0 saturated carbocycles. The molecule has 2 aliphatic rings. The molecular formula is C18H26N2O2. The second-order valence-corrected chi connectivity index (χ2v) is 6.52. The van der Waals surface area contributed by atoms with Gasteiger partial charge in [0.1, 0.15) is 0 Å². The van der Waals surface area contributed by atoms with Crippen LogP contribution in [0.5, 0.6) is 0 Å². The molecule has 120 valence electrons. The highest BCUT2D eigenvalue weighted by Crippen LogP contribution is 2.30. The Morgan fingerprint density at radius 1 is 1.09 bits per heavy atom. The predicted octanol–water partition coefficient (Wildman–Crippen LogP) is 2.05. The molecule has 2 aliphatic heterocycles. The molecule has 2 heterocycles. The average Bonchev–Trinajstić information content (AvgIpc) is 2.99. The summed E-state index contributed by atoms with van der Waals surface area (Å²) in [6.07, 6.45) is 3.47. The Kier molecular flexibility index (Phi) is 5.11. The second-order valence-electron chi connectivity index (χ2n) is 6.52. The van der Waals surface area contributed by atoms with Gasteiger partial charge in [-0.25, -0.2) is 0 Å². The van der Waals surface area contributed by atoms with Crippen LogP contribution in [0.25, 0.3) is 0 Å². The number of carbonyl (C=O) groups excluding carboxylic acids is 1. The first-order chi connectivity index (χ1) is 10.7. The van der Waals surface area contributed by atoms with Crippen molar-refractivity contribution in [2.75, 3.05) is 32.7 Å². The van der Waals surface area contributed by atoms with Gasteiger partial charge in [0.15, 0.2) is 0 Å². The van der Waals surface area contributed by atoms with E-state index in [4.69, 9.17) is 0 Å². The first-order valence-corrected chi connectivity index (χ1v) is 8.47. The van der Waals surface area contributed by atoms with Gasteiger partial charge in [-0.3, -0.25) is 4.79 Å². The summed E-state index contributed by atoms with van der Waals surface area (Å²) in [5, 5.41) is 10.5. The molecule has 2 saturated heterocycles. The summed E-state index contributed by atoms with van der Waals surface area (Å²) in [4.78, 5) is 16.0. The summed E-state index contributed by atoms with van der Waals surface area (Å²) in [5.74, 6) is 0.668. The maximum Gasteiger partial charge on any atom is 0.222 e. The van der Waals surface area contributed by atoms with E-state index >= 15 is 0 Å². The highest BCUT2D eigenvalue weighted by molar-refractivity contribution is 5.78. The number of aliphatic hydroxyl groups is 1. The van der Waals surface area contributed by atoms with E-state index in [1.165, 1.54) is 0 Å². The van der Waals surface area contributed by atoms with Crippen LogP contribution in [0.15, 0.2) is 30.3 Å². The molecule has 1 aromatic carbocycles. The summed E-state index contributed by atoms with van der Waals surface area (Å²) in [6, 6.07) is 9.98. The van der Waals surface area contributed by atoms with Crippen molar-refractivity contribution >= 4 is 5.91 Å². The zero-order chi connectivity index (χ0) is 15.4. The van der Waals surface area contributed by atoms with Gasteiger partial charge in [0.2, 0.25) is 5.91 Å². The summed E-state index contributed by atoms with van der Waals surface area (Å²) >= 11 is 0. The molecule has 0 spiro atoms. The van der Waals surface area contributed by atoms with Crippen molar-refractivity contribution in [3.05, 3.63) is 35.9 Å². The number of carbonyl (C=O) groups is 1. The number of piperidine rings is 1. The van der Waals surface area contributed by atoms with Crippen molar-refractivity contribution in [3.63, 3.8) is 0 Å². The van der Waals surface area contributed by atoms with Crippen molar-refractivity contribution in [3.8, 4) is 0 Å². The monoisotopic (exact) mass is 302 g/mol. The molecule has 22 heavy (non-hydrogen) atoms. The Balaban J connectivity index is 1.43. The molecule has 1 atom stereocenters. The van der Waals surface area contributed by atoms with E-state index in [1.54, 1.807) is 0 Å². The van der Waals surface area contributed by atoms with E-state index < -0.39 is 0 Å². The van der Waals surface area contributed by atoms with E-state index in [2.05, 4.69) is 4.90 Å². The Hall–Kier alpha value is -1.39. The molecule has 0 bridgehead atoms. The van der Waals surface area contributed by atoms with Crippen molar-refractivity contribution in [1.29, 1.82) is 0 Å². The molecule has 2 fully saturated rings. The van der Waals surface area contributed by atoms with E-state index in [9.17, 15) is 9.90 Å². The number of rotatable bonds is 5. The van der Waals surface area contributed by atoms with Crippen molar-refractivity contribution in [2.45, 2.75) is 31.8 Å². The fraction of sp³-hybridized carbons (Fsp3) is 0.611. The number of amides is 1. The minimum atomic E-state index is -0.344. The molecule has 1 N–H and O–H groups in total. The van der Waals surface area contributed by atoms with E-state index in [-0.39, 0.29) is 6.10 Å². The number of aliphatic hydroxyl groups excluding tert-OH is 1. The lowest BCUT2D eigenvalue weighted by molar-refractivity contribution is -0.127.